The van der Waals surface area contributed by atoms with E-state index in [9.17, 15) is 4.79 Å². The molecule has 0 saturated carbocycles. The Balaban J connectivity index is 2.39. The van der Waals surface area contributed by atoms with Crippen molar-refractivity contribution in [1.29, 1.82) is 0 Å². The maximum absolute atomic E-state index is 11.7. The van der Waals surface area contributed by atoms with Crippen LogP contribution >= 0.6 is 0 Å². The van der Waals surface area contributed by atoms with Crippen molar-refractivity contribution in [2.75, 3.05) is 37.3 Å². The quantitative estimate of drug-likeness (QED) is 0.816. The standard InChI is InChI=1S/C15H24N4O/c1-3-12-10-18(2)7-4-8-19(12)14-6-5-11(16)9-13(14)15(17)20/h5-6,9,12H,3-4,7-8,10,16H2,1-2H3,(H2,17,20). The van der Waals surface area contributed by atoms with Crippen LogP contribution in [0.4, 0.5) is 11.4 Å². The number of nitrogens with two attached hydrogens (primary N) is 2. The van der Waals surface area contributed by atoms with Crippen molar-refractivity contribution in [2.24, 2.45) is 5.73 Å². The molecule has 0 bridgehead atoms. The molecule has 0 aliphatic carbocycles. The lowest BCUT2D eigenvalue weighted by atomic mass is 10.1. The third-order valence-electron chi connectivity index (χ3n) is 3.97. The average molecular weight is 276 g/mol. The van der Waals surface area contributed by atoms with Crippen LogP contribution in [0.3, 0.4) is 0 Å². The molecular weight excluding hydrogens is 252 g/mol. The summed E-state index contributed by atoms with van der Waals surface area (Å²) >= 11 is 0. The summed E-state index contributed by atoms with van der Waals surface area (Å²) in [5.74, 6) is -0.417. The number of benzene rings is 1. The molecular formula is C15H24N4O. The summed E-state index contributed by atoms with van der Waals surface area (Å²) in [5, 5.41) is 0. The minimum Gasteiger partial charge on any atom is -0.399 e. The summed E-state index contributed by atoms with van der Waals surface area (Å²) in [6, 6.07) is 5.83. The van der Waals surface area contributed by atoms with Crippen molar-refractivity contribution in [3.05, 3.63) is 23.8 Å². The van der Waals surface area contributed by atoms with Crippen LogP contribution < -0.4 is 16.4 Å². The summed E-state index contributed by atoms with van der Waals surface area (Å²) < 4.78 is 0. The minimum absolute atomic E-state index is 0.393. The van der Waals surface area contributed by atoms with Gasteiger partial charge >= 0.3 is 0 Å². The average Bonchev–Trinajstić information content (AvgIpc) is 2.60. The van der Waals surface area contributed by atoms with E-state index in [1.807, 2.05) is 12.1 Å². The van der Waals surface area contributed by atoms with Crippen LogP contribution in [0.15, 0.2) is 18.2 Å². The normalized spacial score (nSPS) is 20.7. The fourth-order valence-corrected chi connectivity index (χ4v) is 2.91. The number of rotatable bonds is 3. The molecule has 2 rings (SSSR count). The van der Waals surface area contributed by atoms with Crippen LogP contribution in [-0.2, 0) is 0 Å². The van der Waals surface area contributed by atoms with Gasteiger partial charge in [0.2, 0.25) is 0 Å². The number of nitrogens with zero attached hydrogens (tertiary/aromatic N) is 2. The monoisotopic (exact) mass is 276 g/mol. The second-order valence-electron chi connectivity index (χ2n) is 5.51. The zero-order valence-electron chi connectivity index (χ0n) is 12.3. The molecule has 1 amide bonds. The SMILES string of the molecule is CCC1CN(C)CCCN1c1ccc(N)cc1C(N)=O. The maximum atomic E-state index is 11.7. The van der Waals surface area contributed by atoms with Gasteiger partial charge < -0.3 is 21.3 Å². The van der Waals surface area contributed by atoms with Crippen molar-refractivity contribution >= 4 is 17.3 Å². The van der Waals surface area contributed by atoms with Gasteiger partial charge in [0.25, 0.3) is 5.91 Å². The first kappa shape index (κ1) is 14.7. The predicted octanol–water partition coefficient (Wildman–Crippen LogP) is 1.29. The van der Waals surface area contributed by atoms with E-state index in [0.717, 1.165) is 38.2 Å². The van der Waals surface area contributed by atoms with E-state index in [-0.39, 0.29) is 0 Å². The second kappa shape index (κ2) is 6.13. The lowest BCUT2D eigenvalue weighted by Crippen LogP contribution is -2.40. The van der Waals surface area contributed by atoms with Crippen LogP contribution in [0.5, 0.6) is 0 Å². The Bertz CT molecular complexity index is 489. The molecule has 1 aliphatic heterocycles. The Hall–Kier alpha value is -1.75. The first-order valence-corrected chi connectivity index (χ1v) is 7.17. The molecule has 1 aromatic carbocycles. The van der Waals surface area contributed by atoms with Gasteiger partial charge in [-0.15, -0.1) is 0 Å². The summed E-state index contributed by atoms with van der Waals surface area (Å²) in [6.07, 6.45) is 2.11. The number of amides is 1. The Morgan fingerprint density at radius 2 is 2.15 bits per heavy atom. The Labute approximate surface area is 120 Å². The molecule has 1 atom stereocenters. The van der Waals surface area contributed by atoms with Gasteiger partial charge in [-0.2, -0.15) is 0 Å². The Morgan fingerprint density at radius 3 is 2.80 bits per heavy atom. The van der Waals surface area contributed by atoms with Gasteiger partial charge in [-0.3, -0.25) is 4.79 Å². The van der Waals surface area contributed by atoms with Gasteiger partial charge in [-0.05, 0) is 44.6 Å². The highest BCUT2D eigenvalue weighted by Gasteiger charge is 2.25. The van der Waals surface area contributed by atoms with Gasteiger partial charge in [-0.1, -0.05) is 6.92 Å². The topological polar surface area (TPSA) is 75.6 Å². The fraction of sp³-hybridized carbons (Fsp3) is 0.533. The summed E-state index contributed by atoms with van der Waals surface area (Å²) in [4.78, 5) is 16.3. The lowest BCUT2D eigenvalue weighted by molar-refractivity contribution is 0.100. The van der Waals surface area contributed by atoms with E-state index in [1.54, 1.807) is 6.07 Å². The van der Waals surface area contributed by atoms with E-state index in [0.29, 0.717) is 17.3 Å². The highest BCUT2D eigenvalue weighted by Crippen LogP contribution is 2.27. The zero-order chi connectivity index (χ0) is 14.7. The van der Waals surface area contributed by atoms with Crippen LogP contribution in [0.1, 0.15) is 30.1 Å². The molecule has 110 valence electrons. The van der Waals surface area contributed by atoms with Gasteiger partial charge in [0, 0.05) is 30.5 Å². The van der Waals surface area contributed by atoms with Crippen molar-refractivity contribution in [1.82, 2.24) is 4.90 Å². The first-order chi connectivity index (χ1) is 9.52. The molecule has 5 nitrogen and oxygen atoms in total. The molecule has 1 aromatic rings. The zero-order valence-corrected chi connectivity index (χ0v) is 12.3. The van der Waals surface area contributed by atoms with E-state index < -0.39 is 5.91 Å². The number of carbonyl (C=O) groups is 1. The summed E-state index contributed by atoms with van der Waals surface area (Å²) in [6.45, 7) is 5.19. The van der Waals surface area contributed by atoms with Gasteiger partial charge in [0.15, 0.2) is 0 Å². The molecule has 4 N–H and O–H groups in total. The van der Waals surface area contributed by atoms with Crippen LogP contribution in [0.2, 0.25) is 0 Å². The molecule has 20 heavy (non-hydrogen) atoms. The highest BCUT2D eigenvalue weighted by molar-refractivity contribution is 5.99. The minimum atomic E-state index is -0.417. The molecule has 1 aliphatic rings. The first-order valence-electron chi connectivity index (χ1n) is 7.17. The molecule has 0 aromatic heterocycles. The van der Waals surface area contributed by atoms with Crippen LogP contribution in [-0.4, -0.2) is 43.5 Å². The maximum Gasteiger partial charge on any atom is 0.250 e. The van der Waals surface area contributed by atoms with E-state index in [2.05, 4.69) is 23.8 Å². The molecule has 0 radical (unpaired) electrons. The molecule has 1 heterocycles. The number of hydrogen-bond acceptors (Lipinski definition) is 4. The number of primary amides is 1. The molecule has 0 spiro atoms. The lowest BCUT2D eigenvalue weighted by Gasteiger charge is -2.33. The molecule has 1 unspecified atom stereocenters. The molecule has 1 fully saturated rings. The Kier molecular flexibility index (Phi) is 4.49. The number of likely N-dealkylation sites (N-methyl/N-ethyl adjacent to an activating group) is 1. The second-order valence-corrected chi connectivity index (χ2v) is 5.51. The van der Waals surface area contributed by atoms with Gasteiger partial charge in [0.1, 0.15) is 0 Å². The summed E-state index contributed by atoms with van der Waals surface area (Å²) in [5.41, 5.74) is 13.3. The van der Waals surface area contributed by atoms with Crippen molar-refractivity contribution in [3.63, 3.8) is 0 Å². The Morgan fingerprint density at radius 1 is 1.40 bits per heavy atom. The van der Waals surface area contributed by atoms with E-state index in [1.165, 1.54) is 0 Å². The van der Waals surface area contributed by atoms with Crippen molar-refractivity contribution in [3.8, 4) is 0 Å². The smallest absolute Gasteiger partial charge is 0.250 e. The third-order valence-corrected chi connectivity index (χ3v) is 3.97. The van der Waals surface area contributed by atoms with E-state index in [4.69, 9.17) is 11.5 Å². The number of carbonyl (C=O) groups excluding carboxylic acids is 1. The molecule has 1 saturated heterocycles. The number of hydrogen-bond donors (Lipinski definition) is 2. The van der Waals surface area contributed by atoms with Crippen molar-refractivity contribution in [2.45, 2.75) is 25.8 Å². The summed E-state index contributed by atoms with van der Waals surface area (Å²) in [7, 11) is 2.14. The number of anilines is 2. The molecule has 5 heteroatoms. The fourth-order valence-electron chi connectivity index (χ4n) is 2.91. The highest BCUT2D eigenvalue weighted by atomic mass is 16.1. The van der Waals surface area contributed by atoms with E-state index >= 15 is 0 Å². The van der Waals surface area contributed by atoms with Gasteiger partial charge in [-0.25, -0.2) is 0 Å². The predicted molar refractivity (Wildman–Crippen MR) is 82.9 cm³/mol. The van der Waals surface area contributed by atoms with Crippen molar-refractivity contribution < 1.29 is 4.79 Å². The largest absolute Gasteiger partial charge is 0.399 e. The van der Waals surface area contributed by atoms with Crippen LogP contribution in [0.25, 0.3) is 0 Å². The van der Waals surface area contributed by atoms with Gasteiger partial charge in [0.05, 0.1) is 5.56 Å². The third kappa shape index (κ3) is 3.04. The number of nitrogen functional groups attached to an aromatic ring is 1. The van der Waals surface area contributed by atoms with Crippen LogP contribution in [0, 0.1) is 0 Å².